The van der Waals surface area contributed by atoms with E-state index in [0.29, 0.717) is 12.0 Å². The Kier molecular flexibility index (Phi) is 6.32. The van der Waals surface area contributed by atoms with Gasteiger partial charge in [-0.2, -0.15) is 0 Å². The second kappa shape index (κ2) is 7.31. The minimum Gasteiger partial charge on any atom is -0.389 e. The van der Waals surface area contributed by atoms with E-state index in [4.69, 9.17) is 0 Å². The van der Waals surface area contributed by atoms with Crippen molar-refractivity contribution in [2.75, 3.05) is 12.8 Å². The lowest BCUT2D eigenvalue weighted by Gasteiger charge is -2.11. The van der Waals surface area contributed by atoms with Crippen LogP contribution in [-0.4, -0.2) is 35.8 Å². The van der Waals surface area contributed by atoms with E-state index >= 15 is 0 Å². The summed E-state index contributed by atoms with van der Waals surface area (Å²) in [5.41, 5.74) is 0.552. The van der Waals surface area contributed by atoms with E-state index < -0.39 is 26.9 Å². The van der Waals surface area contributed by atoms with Crippen LogP contribution in [0.15, 0.2) is 29.2 Å². The van der Waals surface area contributed by atoms with E-state index in [1.807, 2.05) is 6.92 Å². The van der Waals surface area contributed by atoms with Gasteiger partial charge >= 0.3 is 0 Å². The monoisotopic (exact) mass is 319 g/mol. The number of nitrogens with one attached hydrogen (secondary N) is 1. The smallest absolute Gasteiger partial charge is 0.240 e. The fraction of sp³-hybridized carbons (Fsp3) is 0.538. The SMILES string of the molecule is CC(O)c1cccc(S(=O)(=O)NCCC(C)S(C)=O)c1. The number of rotatable bonds is 7. The molecule has 5 nitrogen and oxygen atoms in total. The summed E-state index contributed by atoms with van der Waals surface area (Å²) in [6, 6.07) is 6.20. The molecule has 0 aliphatic carbocycles. The number of hydrogen-bond donors (Lipinski definition) is 2. The van der Waals surface area contributed by atoms with Crippen LogP contribution in [0.3, 0.4) is 0 Å². The molecule has 0 amide bonds. The molecule has 1 aromatic rings. The van der Waals surface area contributed by atoms with Crippen LogP contribution < -0.4 is 4.72 Å². The lowest BCUT2D eigenvalue weighted by atomic mass is 10.1. The molecule has 20 heavy (non-hydrogen) atoms. The van der Waals surface area contributed by atoms with E-state index in [1.165, 1.54) is 12.1 Å². The topological polar surface area (TPSA) is 83.5 Å². The third-order valence-corrected chi connectivity index (χ3v) is 5.89. The molecule has 7 heteroatoms. The van der Waals surface area contributed by atoms with Gasteiger partial charge < -0.3 is 5.11 Å². The van der Waals surface area contributed by atoms with E-state index in [-0.39, 0.29) is 16.7 Å². The number of benzene rings is 1. The molecule has 2 N–H and O–H groups in total. The molecule has 3 unspecified atom stereocenters. The molecular formula is C13H21NO4S2. The number of hydrogen-bond acceptors (Lipinski definition) is 4. The fourth-order valence-corrected chi connectivity index (χ4v) is 3.14. The van der Waals surface area contributed by atoms with Crippen molar-refractivity contribution in [2.45, 2.75) is 36.5 Å². The Labute approximate surface area is 122 Å². The van der Waals surface area contributed by atoms with Crippen LogP contribution in [0.5, 0.6) is 0 Å². The van der Waals surface area contributed by atoms with Crippen LogP contribution in [-0.2, 0) is 20.8 Å². The van der Waals surface area contributed by atoms with Crippen molar-refractivity contribution in [2.24, 2.45) is 0 Å². The predicted octanol–water partition coefficient (Wildman–Crippen LogP) is 1.18. The number of aliphatic hydroxyl groups is 1. The molecule has 0 aliphatic rings. The third kappa shape index (κ3) is 4.97. The van der Waals surface area contributed by atoms with Crippen LogP contribution in [0.4, 0.5) is 0 Å². The first kappa shape index (κ1) is 17.3. The Hall–Kier alpha value is -0.760. The van der Waals surface area contributed by atoms with Crippen molar-refractivity contribution in [3.8, 4) is 0 Å². The van der Waals surface area contributed by atoms with Crippen LogP contribution in [0.25, 0.3) is 0 Å². The largest absolute Gasteiger partial charge is 0.389 e. The highest BCUT2D eigenvalue weighted by Crippen LogP contribution is 2.17. The summed E-state index contributed by atoms with van der Waals surface area (Å²) in [6.45, 7) is 3.64. The zero-order valence-corrected chi connectivity index (χ0v) is 13.5. The fourth-order valence-electron chi connectivity index (χ4n) is 1.59. The van der Waals surface area contributed by atoms with Crippen LogP contribution in [0.2, 0.25) is 0 Å². The molecular weight excluding hydrogens is 298 g/mol. The van der Waals surface area contributed by atoms with Gasteiger partial charge in [0.2, 0.25) is 10.0 Å². The predicted molar refractivity (Wildman–Crippen MR) is 80.4 cm³/mol. The zero-order chi connectivity index (χ0) is 15.3. The van der Waals surface area contributed by atoms with Gasteiger partial charge in [0.15, 0.2) is 0 Å². The van der Waals surface area contributed by atoms with Gasteiger partial charge in [-0.05, 0) is 31.0 Å². The van der Waals surface area contributed by atoms with Crippen molar-refractivity contribution in [1.82, 2.24) is 4.72 Å². The standard InChI is InChI=1S/C13H21NO4S2/c1-10(19(3)16)7-8-14-20(17,18)13-6-4-5-12(9-13)11(2)15/h4-6,9-11,14-15H,7-8H2,1-3H3. The maximum absolute atomic E-state index is 12.1. The van der Waals surface area contributed by atoms with Crippen LogP contribution in [0.1, 0.15) is 31.9 Å². The van der Waals surface area contributed by atoms with Crippen LogP contribution >= 0.6 is 0 Å². The molecule has 114 valence electrons. The van der Waals surface area contributed by atoms with Crippen molar-refractivity contribution in [1.29, 1.82) is 0 Å². The first-order valence-electron chi connectivity index (χ1n) is 6.34. The highest BCUT2D eigenvalue weighted by molar-refractivity contribution is 7.89. The lowest BCUT2D eigenvalue weighted by Crippen LogP contribution is -2.27. The Bertz CT molecular complexity index is 569. The second-order valence-electron chi connectivity index (χ2n) is 4.74. The summed E-state index contributed by atoms with van der Waals surface area (Å²) in [6.07, 6.45) is 1.40. The molecule has 0 bridgehead atoms. The van der Waals surface area contributed by atoms with Crippen LogP contribution in [0, 0.1) is 0 Å². The minimum atomic E-state index is -3.60. The molecule has 0 aromatic heterocycles. The Morgan fingerprint density at radius 2 is 2.00 bits per heavy atom. The average molecular weight is 319 g/mol. The summed E-state index contributed by atoms with van der Waals surface area (Å²) in [7, 11) is -4.56. The molecule has 0 saturated heterocycles. The van der Waals surface area contributed by atoms with Gasteiger partial charge in [-0.15, -0.1) is 0 Å². The highest BCUT2D eigenvalue weighted by Gasteiger charge is 2.16. The molecule has 0 saturated carbocycles. The molecule has 0 radical (unpaired) electrons. The first-order chi connectivity index (χ1) is 9.24. The average Bonchev–Trinajstić information content (AvgIpc) is 2.38. The summed E-state index contributed by atoms with van der Waals surface area (Å²) >= 11 is 0. The van der Waals surface area contributed by atoms with Gasteiger partial charge in [0, 0.05) is 28.9 Å². The maximum atomic E-state index is 12.1. The number of aliphatic hydroxyl groups excluding tert-OH is 1. The number of sulfonamides is 1. The third-order valence-electron chi connectivity index (χ3n) is 3.06. The Morgan fingerprint density at radius 1 is 1.35 bits per heavy atom. The molecule has 0 heterocycles. The van der Waals surface area contributed by atoms with Crippen molar-refractivity contribution in [3.63, 3.8) is 0 Å². The van der Waals surface area contributed by atoms with E-state index in [2.05, 4.69) is 4.72 Å². The van der Waals surface area contributed by atoms with Crippen molar-refractivity contribution < 1.29 is 17.7 Å². The van der Waals surface area contributed by atoms with Gasteiger partial charge in [0.25, 0.3) is 0 Å². The second-order valence-corrected chi connectivity index (χ2v) is 8.31. The lowest BCUT2D eigenvalue weighted by molar-refractivity contribution is 0.199. The van der Waals surface area contributed by atoms with E-state index in [1.54, 1.807) is 25.3 Å². The summed E-state index contributed by atoms with van der Waals surface area (Å²) in [5.74, 6) is 0. The van der Waals surface area contributed by atoms with Crippen molar-refractivity contribution >= 4 is 20.8 Å². The van der Waals surface area contributed by atoms with Crippen molar-refractivity contribution in [3.05, 3.63) is 29.8 Å². The van der Waals surface area contributed by atoms with Gasteiger partial charge in [-0.3, -0.25) is 4.21 Å². The molecule has 0 aliphatic heterocycles. The van der Waals surface area contributed by atoms with Gasteiger partial charge in [0.05, 0.1) is 11.0 Å². The molecule has 3 atom stereocenters. The summed E-state index contributed by atoms with van der Waals surface area (Å²) in [5, 5.41) is 9.42. The molecule has 0 fully saturated rings. The normalized spacial score (nSPS) is 16.6. The van der Waals surface area contributed by atoms with Gasteiger partial charge in [-0.25, -0.2) is 13.1 Å². The van der Waals surface area contributed by atoms with E-state index in [0.717, 1.165) is 0 Å². The minimum absolute atomic E-state index is 0.0542. The summed E-state index contributed by atoms with van der Waals surface area (Å²) in [4.78, 5) is 0.126. The quantitative estimate of drug-likeness (QED) is 0.790. The maximum Gasteiger partial charge on any atom is 0.240 e. The first-order valence-corrected chi connectivity index (χ1v) is 9.44. The Morgan fingerprint density at radius 3 is 2.55 bits per heavy atom. The van der Waals surface area contributed by atoms with E-state index in [9.17, 15) is 17.7 Å². The molecule has 1 aromatic carbocycles. The summed E-state index contributed by atoms with van der Waals surface area (Å²) < 4.78 is 37.9. The Balaban J connectivity index is 2.74. The van der Waals surface area contributed by atoms with Gasteiger partial charge in [-0.1, -0.05) is 19.1 Å². The zero-order valence-electron chi connectivity index (χ0n) is 11.9. The van der Waals surface area contributed by atoms with Gasteiger partial charge in [0.1, 0.15) is 0 Å². The highest BCUT2D eigenvalue weighted by atomic mass is 32.2. The molecule has 0 spiro atoms. The molecule has 1 rings (SSSR count).